The van der Waals surface area contributed by atoms with Crippen LogP contribution in [0.4, 0.5) is 0 Å². The summed E-state index contributed by atoms with van der Waals surface area (Å²) in [5, 5.41) is 13.7. The summed E-state index contributed by atoms with van der Waals surface area (Å²) in [5.74, 6) is 1.94. The minimum atomic E-state index is -0.437. The number of nitrogens with one attached hydrogen (secondary N) is 1. The maximum atomic E-state index is 6.08. The lowest BCUT2D eigenvalue weighted by Crippen LogP contribution is -2.13. The Hall–Kier alpha value is -2.73. The molecule has 100 valence electrons. The van der Waals surface area contributed by atoms with Crippen LogP contribution in [-0.4, -0.2) is 20.6 Å². The van der Waals surface area contributed by atoms with Crippen molar-refractivity contribution in [1.82, 2.24) is 20.6 Å². The Morgan fingerprint density at radius 1 is 1.00 bits per heavy atom. The quantitative estimate of drug-likeness (QED) is 0.755. The number of tetrazole rings is 1. The predicted molar refractivity (Wildman–Crippen MR) is 73.2 cm³/mol. The molecule has 3 aromatic rings. The van der Waals surface area contributed by atoms with E-state index in [2.05, 4.69) is 20.6 Å². The van der Waals surface area contributed by atoms with Crippen molar-refractivity contribution < 1.29 is 4.74 Å². The van der Waals surface area contributed by atoms with Crippen molar-refractivity contribution in [2.75, 3.05) is 0 Å². The molecule has 0 amide bonds. The third-order valence-corrected chi connectivity index (χ3v) is 2.84. The Balaban J connectivity index is 1.83. The van der Waals surface area contributed by atoms with Gasteiger partial charge in [-0.15, -0.1) is 10.2 Å². The van der Waals surface area contributed by atoms with Gasteiger partial charge in [0.15, 0.2) is 5.82 Å². The number of aromatic amines is 1. The third-order valence-electron chi connectivity index (χ3n) is 2.84. The van der Waals surface area contributed by atoms with Gasteiger partial charge in [-0.25, -0.2) is 0 Å². The second kappa shape index (κ2) is 5.50. The van der Waals surface area contributed by atoms with E-state index < -0.39 is 6.04 Å². The topological polar surface area (TPSA) is 89.7 Å². The van der Waals surface area contributed by atoms with E-state index in [-0.39, 0.29) is 0 Å². The zero-order valence-electron chi connectivity index (χ0n) is 10.6. The summed E-state index contributed by atoms with van der Waals surface area (Å²) >= 11 is 0. The van der Waals surface area contributed by atoms with Crippen molar-refractivity contribution in [2.24, 2.45) is 5.73 Å². The van der Waals surface area contributed by atoms with Crippen LogP contribution in [0, 0.1) is 0 Å². The van der Waals surface area contributed by atoms with Gasteiger partial charge in [-0.2, -0.15) is 5.21 Å². The number of ether oxygens (including phenoxy) is 1. The molecule has 2 aromatic carbocycles. The Morgan fingerprint density at radius 2 is 1.80 bits per heavy atom. The Morgan fingerprint density at radius 3 is 2.55 bits per heavy atom. The van der Waals surface area contributed by atoms with Gasteiger partial charge in [0.25, 0.3) is 0 Å². The highest BCUT2D eigenvalue weighted by molar-refractivity contribution is 5.36. The van der Waals surface area contributed by atoms with Gasteiger partial charge in [0.05, 0.1) is 6.04 Å². The van der Waals surface area contributed by atoms with Crippen molar-refractivity contribution in [3.05, 3.63) is 66.0 Å². The molecule has 6 heteroatoms. The van der Waals surface area contributed by atoms with E-state index in [1.54, 1.807) is 0 Å². The second-order valence-electron chi connectivity index (χ2n) is 4.24. The second-order valence-corrected chi connectivity index (χ2v) is 4.24. The lowest BCUT2D eigenvalue weighted by Gasteiger charge is -2.10. The van der Waals surface area contributed by atoms with Crippen LogP contribution < -0.4 is 10.5 Å². The molecule has 0 bridgehead atoms. The molecule has 0 aliphatic heterocycles. The average molecular weight is 267 g/mol. The molecule has 0 spiro atoms. The SMILES string of the molecule is NC(c1cccc(Oc2ccccc2)c1)c1nn[nH]n1. The fourth-order valence-corrected chi connectivity index (χ4v) is 1.85. The molecule has 3 N–H and O–H groups in total. The predicted octanol–water partition coefficient (Wildman–Crippen LogP) is 2.04. The monoisotopic (exact) mass is 267 g/mol. The van der Waals surface area contributed by atoms with Crippen molar-refractivity contribution in [3.63, 3.8) is 0 Å². The Kier molecular flexibility index (Phi) is 3.38. The maximum Gasteiger partial charge on any atom is 0.195 e. The van der Waals surface area contributed by atoms with E-state index in [0.29, 0.717) is 11.6 Å². The highest BCUT2D eigenvalue weighted by Gasteiger charge is 2.14. The summed E-state index contributed by atoms with van der Waals surface area (Å²) in [6, 6.07) is 16.7. The molecule has 1 aromatic heterocycles. The minimum absolute atomic E-state index is 0.437. The summed E-state index contributed by atoms with van der Waals surface area (Å²) in [6.45, 7) is 0. The van der Waals surface area contributed by atoms with E-state index in [4.69, 9.17) is 10.5 Å². The van der Waals surface area contributed by atoms with Gasteiger partial charge in [0.1, 0.15) is 11.5 Å². The number of benzene rings is 2. The van der Waals surface area contributed by atoms with Gasteiger partial charge in [0.2, 0.25) is 0 Å². The molecule has 0 saturated carbocycles. The standard InChI is InChI=1S/C14H13N5O/c15-13(14-16-18-19-17-14)10-5-4-8-12(9-10)20-11-6-2-1-3-7-11/h1-9,13H,15H2,(H,16,17,18,19). The van der Waals surface area contributed by atoms with E-state index in [0.717, 1.165) is 11.3 Å². The van der Waals surface area contributed by atoms with Crippen LogP contribution in [0.25, 0.3) is 0 Å². The summed E-state index contributed by atoms with van der Waals surface area (Å²) in [6.07, 6.45) is 0. The fraction of sp³-hybridized carbons (Fsp3) is 0.0714. The molecule has 1 atom stereocenters. The zero-order chi connectivity index (χ0) is 13.8. The summed E-state index contributed by atoms with van der Waals surface area (Å²) in [5.41, 5.74) is 6.94. The lowest BCUT2D eigenvalue weighted by atomic mass is 10.1. The smallest absolute Gasteiger partial charge is 0.195 e. The highest BCUT2D eigenvalue weighted by atomic mass is 16.5. The van der Waals surface area contributed by atoms with Gasteiger partial charge < -0.3 is 10.5 Å². The van der Waals surface area contributed by atoms with Crippen LogP contribution in [0.3, 0.4) is 0 Å². The first-order valence-corrected chi connectivity index (χ1v) is 6.15. The van der Waals surface area contributed by atoms with Crippen LogP contribution in [0.5, 0.6) is 11.5 Å². The average Bonchev–Trinajstić information content (AvgIpc) is 3.02. The van der Waals surface area contributed by atoms with Crippen LogP contribution >= 0.6 is 0 Å². The molecule has 0 aliphatic carbocycles. The van der Waals surface area contributed by atoms with Crippen molar-refractivity contribution in [3.8, 4) is 11.5 Å². The van der Waals surface area contributed by atoms with Gasteiger partial charge in [-0.05, 0) is 29.8 Å². The molecular formula is C14H13N5O. The fourth-order valence-electron chi connectivity index (χ4n) is 1.85. The van der Waals surface area contributed by atoms with E-state index in [9.17, 15) is 0 Å². The molecule has 0 fully saturated rings. The first kappa shape index (κ1) is 12.3. The molecule has 0 aliphatic rings. The van der Waals surface area contributed by atoms with Gasteiger partial charge in [-0.1, -0.05) is 35.5 Å². The van der Waals surface area contributed by atoms with Gasteiger partial charge >= 0.3 is 0 Å². The summed E-state index contributed by atoms with van der Waals surface area (Å²) < 4.78 is 5.77. The Bertz CT molecular complexity index is 669. The number of nitrogens with zero attached hydrogens (tertiary/aromatic N) is 3. The summed E-state index contributed by atoms with van der Waals surface area (Å²) in [4.78, 5) is 0. The molecule has 1 unspecified atom stereocenters. The lowest BCUT2D eigenvalue weighted by molar-refractivity contribution is 0.481. The largest absolute Gasteiger partial charge is 0.457 e. The van der Waals surface area contributed by atoms with Crippen molar-refractivity contribution >= 4 is 0 Å². The molecule has 3 rings (SSSR count). The van der Waals surface area contributed by atoms with Crippen LogP contribution in [0.15, 0.2) is 54.6 Å². The number of hydrogen-bond acceptors (Lipinski definition) is 5. The van der Waals surface area contributed by atoms with Gasteiger partial charge in [-0.3, -0.25) is 0 Å². The third kappa shape index (κ3) is 2.65. The number of hydrogen-bond donors (Lipinski definition) is 2. The molecule has 0 radical (unpaired) electrons. The van der Waals surface area contributed by atoms with Crippen LogP contribution in [-0.2, 0) is 0 Å². The van der Waals surface area contributed by atoms with Crippen molar-refractivity contribution in [1.29, 1.82) is 0 Å². The van der Waals surface area contributed by atoms with Crippen LogP contribution in [0.1, 0.15) is 17.4 Å². The molecule has 6 nitrogen and oxygen atoms in total. The number of aromatic nitrogens is 4. The number of rotatable bonds is 4. The number of para-hydroxylation sites is 1. The Labute approximate surface area is 115 Å². The van der Waals surface area contributed by atoms with Crippen LogP contribution in [0.2, 0.25) is 0 Å². The van der Waals surface area contributed by atoms with E-state index in [1.807, 2.05) is 54.6 Å². The number of H-pyrrole nitrogens is 1. The molecule has 0 saturated heterocycles. The molecule has 20 heavy (non-hydrogen) atoms. The molecular weight excluding hydrogens is 254 g/mol. The first-order valence-electron chi connectivity index (χ1n) is 6.15. The minimum Gasteiger partial charge on any atom is -0.457 e. The maximum absolute atomic E-state index is 6.08. The van der Waals surface area contributed by atoms with E-state index >= 15 is 0 Å². The zero-order valence-corrected chi connectivity index (χ0v) is 10.6. The summed E-state index contributed by atoms with van der Waals surface area (Å²) in [7, 11) is 0. The van der Waals surface area contributed by atoms with Gasteiger partial charge in [0, 0.05) is 0 Å². The first-order chi connectivity index (χ1) is 9.83. The normalized spacial score (nSPS) is 12.1. The van der Waals surface area contributed by atoms with Crippen molar-refractivity contribution in [2.45, 2.75) is 6.04 Å². The highest BCUT2D eigenvalue weighted by Crippen LogP contribution is 2.25. The molecule has 1 heterocycles. The number of nitrogens with two attached hydrogens (primary N) is 1. The van der Waals surface area contributed by atoms with E-state index in [1.165, 1.54) is 0 Å².